The first kappa shape index (κ1) is 22.7. The minimum Gasteiger partial charge on any atom is -0.361 e. The molecule has 5 aromatic carbocycles. The summed E-state index contributed by atoms with van der Waals surface area (Å²) in [5, 5.41) is 3.71. The lowest BCUT2D eigenvalue weighted by Gasteiger charge is -2.21. The number of nitrogens with one attached hydrogen (secondary N) is 3. The zero-order chi connectivity index (χ0) is 26.5. The third-order valence-electron chi connectivity index (χ3n) is 8.13. The summed E-state index contributed by atoms with van der Waals surface area (Å²) < 4.78 is 0. The van der Waals surface area contributed by atoms with Crippen LogP contribution in [0.1, 0.15) is 22.6 Å². The number of aromatic nitrogens is 3. The van der Waals surface area contributed by atoms with Gasteiger partial charge in [-0.05, 0) is 46.0 Å². The molecule has 40 heavy (non-hydrogen) atoms. The molecule has 0 spiro atoms. The first-order valence-electron chi connectivity index (χ1n) is 13.7. The highest BCUT2D eigenvalue weighted by atomic mass is 14.8. The molecule has 0 radical (unpaired) electrons. The number of aromatic amines is 3. The summed E-state index contributed by atoms with van der Waals surface area (Å²) in [6, 6.07) is 47.5. The van der Waals surface area contributed by atoms with Gasteiger partial charge in [-0.25, -0.2) is 0 Å². The fourth-order valence-electron chi connectivity index (χ4n) is 6.38. The van der Waals surface area contributed by atoms with Crippen LogP contribution in [0.3, 0.4) is 0 Å². The van der Waals surface area contributed by atoms with Crippen molar-refractivity contribution in [1.29, 1.82) is 0 Å². The van der Waals surface area contributed by atoms with Crippen molar-refractivity contribution in [2.24, 2.45) is 0 Å². The van der Waals surface area contributed by atoms with Crippen molar-refractivity contribution in [3.63, 3.8) is 0 Å². The first-order valence-corrected chi connectivity index (χ1v) is 13.7. The van der Waals surface area contributed by atoms with Crippen molar-refractivity contribution in [3.05, 3.63) is 156 Å². The van der Waals surface area contributed by atoms with Crippen LogP contribution >= 0.6 is 0 Å². The topological polar surface area (TPSA) is 47.4 Å². The highest BCUT2D eigenvalue weighted by molar-refractivity contribution is 5.99. The zero-order valence-electron chi connectivity index (χ0n) is 21.9. The molecule has 3 N–H and O–H groups in total. The van der Waals surface area contributed by atoms with Crippen molar-refractivity contribution in [2.75, 3.05) is 0 Å². The maximum atomic E-state index is 3.82. The number of hydrogen-bond donors (Lipinski definition) is 3. The van der Waals surface area contributed by atoms with Crippen LogP contribution in [-0.2, 0) is 0 Å². The lowest BCUT2D eigenvalue weighted by atomic mass is 9.80. The van der Waals surface area contributed by atoms with Gasteiger partial charge in [0.05, 0.1) is 11.4 Å². The lowest BCUT2D eigenvalue weighted by Crippen LogP contribution is -2.05. The van der Waals surface area contributed by atoms with E-state index >= 15 is 0 Å². The second kappa shape index (κ2) is 9.18. The van der Waals surface area contributed by atoms with Crippen LogP contribution < -0.4 is 0 Å². The molecule has 3 heteroatoms. The predicted molar refractivity (Wildman–Crippen MR) is 167 cm³/mol. The average Bonchev–Trinajstić information content (AvgIpc) is 3.73. The number of rotatable bonds is 5. The molecule has 0 amide bonds. The summed E-state index contributed by atoms with van der Waals surface area (Å²) in [6.45, 7) is 0. The second-order valence-corrected chi connectivity index (χ2v) is 10.4. The normalized spacial score (nSPS) is 11.7. The maximum Gasteiger partial charge on any atom is 0.0507 e. The minimum absolute atomic E-state index is 0.0473. The molecule has 0 aliphatic rings. The number of benzene rings is 5. The van der Waals surface area contributed by atoms with Gasteiger partial charge in [0.1, 0.15) is 0 Å². The van der Waals surface area contributed by atoms with E-state index in [9.17, 15) is 0 Å². The van der Waals surface area contributed by atoms with Gasteiger partial charge in [-0.15, -0.1) is 0 Å². The fourth-order valence-corrected chi connectivity index (χ4v) is 6.38. The predicted octanol–water partition coefficient (Wildman–Crippen LogP) is 9.64. The number of fused-ring (bicyclic) bond motifs is 3. The van der Waals surface area contributed by atoms with E-state index in [1.807, 2.05) is 0 Å². The van der Waals surface area contributed by atoms with Crippen molar-refractivity contribution in [1.82, 2.24) is 15.0 Å². The summed E-state index contributed by atoms with van der Waals surface area (Å²) in [7, 11) is 0. The highest BCUT2D eigenvalue weighted by Gasteiger charge is 2.31. The Morgan fingerprint density at radius 3 is 1.35 bits per heavy atom. The molecule has 0 saturated heterocycles. The third-order valence-corrected chi connectivity index (χ3v) is 8.13. The molecule has 8 aromatic rings. The Kier molecular flexibility index (Phi) is 5.20. The van der Waals surface area contributed by atoms with E-state index in [0.29, 0.717) is 0 Å². The van der Waals surface area contributed by atoms with Gasteiger partial charge in [-0.1, -0.05) is 115 Å². The summed E-state index contributed by atoms with van der Waals surface area (Å²) in [4.78, 5) is 11.2. The molecule has 0 aliphatic heterocycles. The Balaban J connectivity index is 1.55. The molecule has 3 nitrogen and oxygen atoms in total. The van der Waals surface area contributed by atoms with E-state index in [2.05, 4.69) is 155 Å². The molecule has 0 fully saturated rings. The molecule has 3 aromatic heterocycles. The van der Waals surface area contributed by atoms with Gasteiger partial charge in [-0.2, -0.15) is 0 Å². The van der Waals surface area contributed by atoms with Crippen LogP contribution in [0.25, 0.3) is 55.2 Å². The average molecular weight is 514 g/mol. The molecule has 190 valence electrons. The Labute approximate surface area is 232 Å². The van der Waals surface area contributed by atoms with Crippen molar-refractivity contribution in [3.8, 4) is 22.5 Å². The molecule has 0 atom stereocenters. The second-order valence-electron chi connectivity index (χ2n) is 10.4. The van der Waals surface area contributed by atoms with Crippen LogP contribution in [-0.4, -0.2) is 15.0 Å². The highest BCUT2D eigenvalue weighted by Crippen LogP contribution is 2.48. The maximum absolute atomic E-state index is 3.82. The number of para-hydroxylation sites is 3. The van der Waals surface area contributed by atoms with Crippen LogP contribution in [0.5, 0.6) is 0 Å². The molecule has 0 unspecified atom stereocenters. The quantitative estimate of drug-likeness (QED) is 0.205. The van der Waals surface area contributed by atoms with E-state index in [0.717, 1.165) is 27.9 Å². The summed E-state index contributed by atoms with van der Waals surface area (Å²) in [6.07, 6.45) is 2.21. The smallest absolute Gasteiger partial charge is 0.0507 e. The van der Waals surface area contributed by atoms with E-state index in [-0.39, 0.29) is 5.92 Å². The van der Waals surface area contributed by atoms with Crippen molar-refractivity contribution >= 4 is 32.7 Å². The van der Waals surface area contributed by atoms with Crippen LogP contribution in [0.4, 0.5) is 0 Å². The van der Waals surface area contributed by atoms with Crippen molar-refractivity contribution < 1.29 is 0 Å². The molecule has 0 bridgehead atoms. The van der Waals surface area contributed by atoms with Crippen LogP contribution in [0.15, 0.2) is 140 Å². The Bertz CT molecular complexity index is 1990. The van der Waals surface area contributed by atoms with E-state index in [1.165, 1.54) is 44.0 Å². The van der Waals surface area contributed by atoms with Crippen LogP contribution in [0, 0.1) is 0 Å². The largest absolute Gasteiger partial charge is 0.361 e. The summed E-state index contributed by atoms with van der Waals surface area (Å²) >= 11 is 0. The van der Waals surface area contributed by atoms with Gasteiger partial charge < -0.3 is 15.0 Å². The van der Waals surface area contributed by atoms with E-state index in [4.69, 9.17) is 0 Å². The standard InChI is InChI=1S/C37H27N3/c1-3-13-24(14-4-1)36-34(27-18-8-11-21-31(27)39-36)33(29-23-38-30-20-10-7-17-26(29)30)35-28-19-9-12-22-32(28)40-37(35)25-15-5-2-6-16-25/h1-23,33,38-40H. The summed E-state index contributed by atoms with van der Waals surface area (Å²) in [5.74, 6) is -0.0473. The number of hydrogen-bond acceptors (Lipinski definition) is 0. The van der Waals surface area contributed by atoms with E-state index in [1.54, 1.807) is 0 Å². The molecule has 3 heterocycles. The molecular formula is C37H27N3. The van der Waals surface area contributed by atoms with Gasteiger partial charge in [-0.3, -0.25) is 0 Å². The first-order chi connectivity index (χ1) is 19.9. The Hall–Kier alpha value is -5.28. The fraction of sp³-hybridized carbons (Fsp3) is 0.0270. The third kappa shape index (κ3) is 3.52. The summed E-state index contributed by atoms with van der Waals surface area (Å²) in [5.41, 5.74) is 11.9. The van der Waals surface area contributed by atoms with Gasteiger partial charge in [0.15, 0.2) is 0 Å². The van der Waals surface area contributed by atoms with Crippen molar-refractivity contribution in [2.45, 2.75) is 5.92 Å². The number of H-pyrrole nitrogens is 3. The van der Waals surface area contributed by atoms with Gasteiger partial charge in [0.2, 0.25) is 0 Å². The molecular weight excluding hydrogens is 486 g/mol. The van der Waals surface area contributed by atoms with Gasteiger partial charge >= 0.3 is 0 Å². The monoisotopic (exact) mass is 513 g/mol. The minimum atomic E-state index is -0.0473. The SMILES string of the molecule is c1ccc(-c2[nH]c3ccccc3c2C(c2c[nH]c3ccccc23)c2c(-c3ccccc3)[nH]c3ccccc23)cc1. The van der Waals surface area contributed by atoms with Gasteiger partial charge in [0.25, 0.3) is 0 Å². The van der Waals surface area contributed by atoms with Crippen LogP contribution in [0.2, 0.25) is 0 Å². The molecule has 8 rings (SSSR count). The molecule has 0 saturated carbocycles. The molecule has 0 aliphatic carbocycles. The Morgan fingerprint density at radius 1 is 0.400 bits per heavy atom. The Morgan fingerprint density at radius 2 is 0.825 bits per heavy atom. The van der Waals surface area contributed by atoms with Gasteiger partial charge in [0, 0.05) is 44.8 Å². The van der Waals surface area contributed by atoms with E-state index < -0.39 is 0 Å². The zero-order valence-corrected chi connectivity index (χ0v) is 21.9. The lowest BCUT2D eigenvalue weighted by molar-refractivity contribution is 1.01.